The van der Waals surface area contributed by atoms with E-state index in [1.165, 1.54) is 10.7 Å². The maximum atomic E-state index is 12.1. The summed E-state index contributed by atoms with van der Waals surface area (Å²) in [5.74, 6) is 0.191. The van der Waals surface area contributed by atoms with E-state index in [1.807, 2.05) is 25.1 Å². The van der Waals surface area contributed by atoms with Crippen LogP contribution in [-0.4, -0.2) is 15.7 Å². The molecule has 1 heterocycles. The number of halogens is 1. The molecule has 1 aromatic heterocycles. The molecule has 1 fully saturated rings. The van der Waals surface area contributed by atoms with Crippen LogP contribution < -0.4 is 10.9 Å². The van der Waals surface area contributed by atoms with E-state index in [0.29, 0.717) is 5.92 Å². The van der Waals surface area contributed by atoms with Gasteiger partial charge in [0.25, 0.3) is 5.56 Å². The van der Waals surface area contributed by atoms with Crippen LogP contribution in [0.25, 0.3) is 0 Å². The number of nitrogens with zero attached hydrogens (tertiary/aromatic N) is 2. The third kappa shape index (κ3) is 3.44. The number of hydrogen-bond acceptors (Lipinski definition) is 3. The van der Waals surface area contributed by atoms with Gasteiger partial charge in [0.05, 0.1) is 5.69 Å². The number of carbonyl (C=O) groups excluding carboxylic acids is 1. The van der Waals surface area contributed by atoms with Gasteiger partial charge in [0, 0.05) is 22.1 Å². The van der Waals surface area contributed by atoms with E-state index in [1.54, 1.807) is 6.07 Å². The molecule has 0 spiro atoms. The van der Waals surface area contributed by atoms with Gasteiger partial charge in [0.2, 0.25) is 5.91 Å². The van der Waals surface area contributed by atoms with Crippen LogP contribution >= 0.6 is 15.9 Å². The molecular weight excluding hydrogens is 346 g/mol. The van der Waals surface area contributed by atoms with Gasteiger partial charge in [-0.2, -0.15) is 5.10 Å². The molecule has 2 aromatic rings. The zero-order chi connectivity index (χ0) is 15.7. The molecular formula is C16H16BrN3O2. The lowest BCUT2D eigenvalue weighted by Crippen LogP contribution is -2.29. The highest BCUT2D eigenvalue weighted by Crippen LogP contribution is 2.38. The average Bonchev–Trinajstić information content (AvgIpc) is 3.29. The Kier molecular flexibility index (Phi) is 4.11. The summed E-state index contributed by atoms with van der Waals surface area (Å²) in [7, 11) is 0. The molecule has 1 N–H and O–H groups in total. The van der Waals surface area contributed by atoms with Crippen molar-refractivity contribution in [2.75, 3.05) is 5.32 Å². The minimum Gasteiger partial charge on any atom is -0.324 e. The second kappa shape index (κ2) is 6.04. The topological polar surface area (TPSA) is 64.0 Å². The second-order valence-corrected chi connectivity index (χ2v) is 6.45. The standard InChI is InChI=1S/C16H16BrN3O2/c1-10-8-12(17)4-5-13(10)18-15(21)9-20-16(22)7-6-14(19-20)11-2-3-11/h4-8,11H,2-3,9H2,1H3,(H,18,21). The largest absolute Gasteiger partial charge is 0.324 e. The molecule has 22 heavy (non-hydrogen) atoms. The van der Waals surface area contributed by atoms with Crippen molar-refractivity contribution in [3.63, 3.8) is 0 Å². The Morgan fingerprint density at radius 1 is 1.36 bits per heavy atom. The number of benzene rings is 1. The number of hydrogen-bond donors (Lipinski definition) is 1. The van der Waals surface area contributed by atoms with Crippen LogP contribution in [-0.2, 0) is 11.3 Å². The van der Waals surface area contributed by atoms with Crippen molar-refractivity contribution >= 4 is 27.5 Å². The van der Waals surface area contributed by atoms with Gasteiger partial charge >= 0.3 is 0 Å². The first-order valence-corrected chi connectivity index (χ1v) is 7.96. The van der Waals surface area contributed by atoms with E-state index in [2.05, 4.69) is 26.3 Å². The highest BCUT2D eigenvalue weighted by atomic mass is 79.9. The van der Waals surface area contributed by atoms with Crippen LogP contribution in [0.2, 0.25) is 0 Å². The summed E-state index contributed by atoms with van der Waals surface area (Å²) in [4.78, 5) is 24.0. The van der Waals surface area contributed by atoms with Gasteiger partial charge in [-0.25, -0.2) is 4.68 Å². The first-order chi connectivity index (χ1) is 10.5. The molecule has 6 heteroatoms. The quantitative estimate of drug-likeness (QED) is 0.910. The van der Waals surface area contributed by atoms with Crippen molar-refractivity contribution < 1.29 is 4.79 Å². The highest BCUT2D eigenvalue weighted by Gasteiger charge is 2.25. The van der Waals surface area contributed by atoms with Gasteiger partial charge in [0.15, 0.2) is 0 Å². The van der Waals surface area contributed by atoms with Crippen LogP contribution in [0, 0.1) is 6.92 Å². The molecule has 0 bridgehead atoms. The van der Waals surface area contributed by atoms with Gasteiger partial charge in [-0.15, -0.1) is 0 Å². The summed E-state index contributed by atoms with van der Waals surface area (Å²) in [6.07, 6.45) is 2.21. The Morgan fingerprint density at radius 2 is 2.14 bits per heavy atom. The molecule has 1 aliphatic carbocycles. The molecule has 0 saturated heterocycles. The van der Waals surface area contributed by atoms with Gasteiger partial charge < -0.3 is 5.32 Å². The van der Waals surface area contributed by atoms with Crippen LogP contribution in [0.3, 0.4) is 0 Å². The molecule has 1 aliphatic rings. The Bertz CT molecular complexity index is 781. The Balaban J connectivity index is 1.74. The molecule has 1 aromatic carbocycles. The number of aromatic nitrogens is 2. The summed E-state index contributed by atoms with van der Waals surface area (Å²) in [6.45, 7) is 1.84. The Morgan fingerprint density at radius 3 is 2.82 bits per heavy atom. The monoisotopic (exact) mass is 361 g/mol. The van der Waals surface area contributed by atoms with Crippen molar-refractivity contribution in [3.8, 4) is 0 Å². The number of carbonyl (C=O) groups is 1. The zero-order valence-electron chi connectivity index (χ0n) is 12.2. The SMILES string of the molecule is Cc1cc(Br)ccc1NC(=O)Cn1nc(C2CC2)ccc1=O. The molecule has 5 nitrogen and oxygen atoms in total. The first-order valence-electron chi connectivity index (χ1n) is 7.17. The van der Waals surface area contributed by atoms with Crippen molar-refractivity contribution in [1.82, 2.24) is 9.78 Å². The zero-order valence-corrected chi connectivity index (χ0v) is 13.8. The molecule has 1 amide bonds. The van der Waals surface area contributed by atoms with E-state index in [0.717, 1.165) is 34.3 Å². The minimum atomic E-state index is -0.257. The third-order valence-corrected chi connectivity index (χ3v) is 4.13. The van der Waals surface area contributed by atoms with Crippen molar-refractivity contribution in [2.24, 2.45) is 0 Å². The highest BCUT2D eigenvalue weighted by molar-refractivity contribution is 9.10. The maximum Gasteiger partial charge on any atom is 0.267 e. The number of aryl methyl sites for hydroxylation is 1. The summed E-state index contributed by atoms with van der Waals surface area (Å²) < 4.78 is 2.19. The fourth-order valence-electron chi connectivity index (χ4n) is 2.27. The van der Waals surface area contributed by atoms with E-state index in [-0.39, 0.29) is 18.0 Å². The number of rotatable bonds is 4. The smallest absolute Gasteiger partial charge is 0.267 e. The predicted molar refractivity (Wildman–Crippen MR) is 88.0 cm³/mol. The lowest BCUT2D eigenvalue weighted by Gasteiger charge is -2.10. The average molecular weight is 362 g/mol. The maximum absolute atomic E-state index is 12.1. The van der Waals surface area contributed by atoms with Crippen LogP contribution in [0.4, 0.5) is 5.69 Å². The number of anilines is 1. The van der Waals surface area contributed by atoms with Crippen molar-refractivity contribution in [3.05, 3.63) is 56.4 Å². The molecule has 0 radical (unpaired) electrons. The summed E-state index contributed by atoms with van der Waals surface area (Å²) in [5, 5.41) is 7.11. The summed E-state index contributed by atoms with van der Waals surface area (Å²) in [6, 6.07) is 8.86. The van der Waals surface area contributed by atoms with Crippen molar-refractivity contribution in [1.29, 1.82) is 0 Å². The molecule has 114 valence electrons. The molecule has 0 unspecified atom stereocenters. The molecule has 0 atom stereocenters. The fraction of sp³-hybridized carbons (Fsp3) is 0.312. The van der Waals surface area contributed by atoms with Gasteiger partial charge in [0.1, 0.15) is 6.54 Å². The Hall–Kier alpha value is -1.95. The number of nitrogens with one attached hydrogen (secondary N) is 1. The van der Waals surface area contributed by atoms with E-state index in [4.69, 9.17) is 0 Å². The van der Waals surface area contributed by atoms with Crippen molar-refractivity contribution in [2.45, 2.75) is 32.2 Å². The minimum absolute atomic E-state index is 0.0745. The predicted octanol–water partition coefficient (Wildman–Crippen LogP) is 2.83. The fourth-order valence-corrected chi connectivity index (χ4v) is 2.74. The van der Waals surface area contributed by atoms with Crippen LogP contribution in [0.15, 0.2) is 39.6 Å². The van der Waals surface area contributed by atoms with Gasteiger partial charge in [-0.1, -0.05) is 15.9 Å². The van der Waals surface area contributed by atoms with Crippen LogP contribution in [0.5, 0.6) is 0 Å². The summed E-state index contributed by atoms with van der Waals surface area (Å²) in [5.41, 5.74) is 2.33. The van der Waals surface area contributed by atoms with E-state index < -0.39 is 0 Å². The lowest BCUT2D eigenvalue weighted by molar-refractivity contribution is -0.117. The Labute approximate surface area is 136 Å². The van der Waals surface area contributed by atoms with Gasteiger partial charge in [-0.05, 0) is 49.6 Å². The van der Waals surface area contributed by atoms with Crippen LogP contribution in [0.1, 0.15) is 30.0 Å². The lowest BCUT2D eigenvalue weighted by atomic mass is 10.2. The molecule has 1 saturated carbocycles. The third-order valence-electron chi connectivity index (χ3n) is 3.64. The normalized spacial score (nSPS) is 13.9. The van der Waals surface area contributed by atoms with E-state index >= 15 is 0 Å². The first kappa shape index (κ1) is 15.0. The summed E-state index contributed by atoms with van der Waals surface area (Å²) >= 11 is 3.39. The molecule has 3 rings (SSSR count). The van der Waals surface area contributed by atoms with Gasteiger partial charge in [-0.3, -0.25) is 9.59 Å². The van der Waals surface area contributed by atoms with E-state index in [9.17, 15) is 9.59 Å². The number of amides is 1. The molecule has 0 aliphatic heterocycles. The second-order valence-electron chi connectivity index (χ2n) is 5.54.